The second-order valence-electron chi connectivity index (χ2n) is 5.13. The smallest absolute Gasteiger partial charge is 0.345 e. The van der Waals surface area contributed by atoms with Crippen LogP contribution in [-0.2, 0) is 0 Å². The molecule has 0 aliphatic heterocycles. The lowest BCUT2D eigenvalue weighted by molar-refractivity contribution is 0.564. The molecule has 0 spiro atoms. The van der Waals surface area contributed by atoms with Crippen LogP contribution in [0.15, 0.2) is 70.0 Å². The summed E-state index contributed by atoms with van der Waals surface area (Å²) in [4.78, 5) is 17.4. The van der Waals surface area contributed by atoms with Crippen LogP contribution in [0.4, 0.5) is 10.8 Å². The summed E-state index contributed by atoms with van der Waals surface area (Å²) < 4.78 is 5.38. The van der Waals surface area contributed by atoms with Gasteiger partial charge in [0.1, 0.15) is 0 Å². The van der Waals surface area contributed by atoms with E-state index in [-0.39, 0.29) is 0 Å². The number of rotatable bonds is 3. The molecule has 0 fully saturated rings. The summed E-state index contributed by atoms with van der Waals surface area (Å²) in [5.74, 6) is 0. The Morgan fingerprint density at radius 2 is 1.92 bits per heavy atom. The number of thiazole rings is 1. The third-order valence-corrected chi connectivity index (χ3v) is 4.75. The van der Waals surface area contributed by atoms with Crippen molar-refractivity contribution >= 4 is 44.7 Å². The zero-order chi connectivity index (χ0) is 16.5. The Kier molecular flexibility index (Phi) is 3.80. The monoisotopic (exact) mass is 354 g/mol. The molecule has 4 aromatic rings. The van der Waals surface area contributed by atoms with Crippen molar-refractivity contribution < 1.29 is 4.42 Å². The van der Waals surface area contributed by atoms with Crippen LogP contribution in [0.3, 0.4) is 0 Å². The minimum Gasteiger partial charge on any atom is -0.421 e. The molecular formula is C18H11ClN2O2S. The lowest BCUT2D eigenvalue weighted by Gasteiger charge is -2.02. The van der Waals surface area contributed by atoms with Gasteiger partial charge >= 0.3 is 5.63 Å². The van der Waals surface area contributed by atoms with E-state index in [1.165, 1.54) is 11.3 Å². The van der Waals surface area contributed by atoms with E-state index in [9.17, 15) is 4.79 Å². The number of hydrogen-bond donors (Lipinski definition) is 1. The molecule has 1 N–H and O–H groups in total. The first kappa shape index (κ1) is 14.9. The molecule has 0 bridgehead atoms. The predicted octanol–water partition coefficient (Wildman–Crippen LogP) is 5.31. The van der Waals surface area contributed by atoms with E-state index in [0.29, 0.717) is 21.3 Å². The molecule has 0 aliphatic rings. The average Bonchev–Trinajstić information content (AvgIpc) is 3.04. The summed E-state index contributed by atoms with van der Waals surface area (Å²) in [5, 5.41) is 5.13. The molecule has 0 unspecified atom stereocenters. The Bertz CT molecular complexity index is 1070. The molecule has 6 heteroatoms. The number of hydrogen-bond acceptors (Lipinski definition) is 5. The van der Waals surface area contributed by atoms with Gasteiger partial charge in [-0.05, 0) is 24.3 Å². The third kappa shape index (κ3) is 2.79. The fourth-order valence-corrected chi connectivity index (χ4v) is 3.44. The molecule has 0 saturated heterocycles. The Balaban J connectivity index is 1.73. The van der Waals surface area contributed by atoms with Crippen molar-refractivity contribution in [3.8, 4) is 10.4 Å². The number of anilines is 2. The highest BCUT2D eigenvalue weighted by molar-refractivity contribution is 7.18. The number of halogens is 1. The topological polar surface area (TPSA) is 55.1 Å². The van der Waals surface area contributed by atoms with E-state index in [1.807, 2.05) is 42.5 Å². The van der Waals surface area contributed by atoms with Crippen molar-refractivity contribution in [3.05, 3.63) is 76.2 Å². The van der Waals surface area contributed by atoms with Crippen LogP contribution in [0.25, 0.3) is 21.4 Å². The van der Waals surface area contributed by atoms with E-state index < -0.39 is 5.63 Å². The normalized spacial score (nSPS) is 10.9. The highest BCUT2D eigenvalue weighted by Crippen LogP contribution is 2.31. The van der Waals surface area contributed by atoms with Gasteiger partial charge in [-0.3, -0.25) is 0 Å². The number of benzene rings is 2. The summed E-state index contributed by atoms with van der Waals surface area (Å²) in [6, 6.07) is 16.9. The SMILES string of the molecule is O=c1oc2c(Cl)cccc2cc1-c1cnc(Nc2ccccc2)s1. The Morgan fingerprint density at radius 1 is 1.08 bits per heavy atom. The summed E-state index contributed by atoms with van der Waals surface area (Å²) in [6.45, 7) is 0. The lowest BCUT2D eigenvalue weighted by Crippen LogP contribution is -2.01. The number of aromatic nitrogens is 1. The molecule has 0 aliphatic carbocycles. The largest absolute Gasteiger partial charge is 0.421 e. The van der Waals surface area contributed by atoms with Crippen molar-refractivity contribution in [3.63, 3.8) is 0 Å². The molecule has 2 heterocycles. The third-order valence-electron chi connectivity index (χ3n) is 3.51. The molecule has 0 atom stereocenters. The van der Waals surface area contributed by atoms with Crippen LogP contribution in [0, 0.1) is 0 Å². The van der Waals surface area contributed by atoms with E-state index in [1.54, 1.807) is 18.3 Å². The van der Waals surface area contributed by atoms with Crippen LogP contribution >= 0.6 is 22.9 Å². The second kappa shape index (κ2) is 6.11. The van der Waals surface area contributed by atoms with Gasteiger partial charge in [0.15, 0.2) is 10.7 Å². The summed E-state index contributed by atoms with van der Waals surface area (Å²) in [5.41, 5.74) is 1.39. The van der Waals surface area contributed by atoms with Crippen LogP contribution in [0.2, 0.25) is 5.02 Å². The van der Waals surface area contributed by atoms with Crippen molar-refractivity contribution in [2.75, 3.05) is 5.32 Å². The van der Waals surface area contributed by atoms with Gasteiger partial charge in [-0.15, -0.1) is 0 Å². The average molecular weight is 355 g/mol. The molecule has 4 rings (SSSR count). The van der Waals surface area contributed by atoms with Gasteiger partial charge in [-0.25, -0.2) is 9.78 Å². The minimum atomic E-state index is -0.425. The van der Waals surface area contributed by atoms with Crippen LogP contribution in [0.1, 0.15) is 0 Å². The van der Waals surface area contributed by atoms with Gasteiger partial charge in [0, 0.05) is 17.3 Å². The predicted molar refractivity (Wildman–Crippen MR) is 98.3 cm³/mol. The van der Waals surface area contributed by atoms with Crippen LogP contribution in [0.5, 0.6) is 0 Å². The van der Waals surface area contributed by atoms with E-state index >= 15 is 0 Å². The quantitative estimate of drug-likeness (QED) is 0.506. The van der Waals surface area contributed by atoms with E-state index in [0.717, 1.165) is 16.0 Å². The van der Waals surface area contributed by atoms with Gasteiger partial charge in [0.25, 0.3) is 0 Å². The summed E-state index contributed by atoms with van der Waals surface area (Å²) >= 11 is 7.46. The van der Waals surface area contributed by atoms with Gasteiger partial charge in [0.05, 0.1) is 15.5 Å². The van der Waals surface area contributed by atoms with Gasteiger partial charge in [-0.2, -0.15) is 0 Å². The Labute approximate surface area is 146 Å². The molecule has 2 aromatic carbocycles. The molecule has 0 saturated carbocycles. The van der Waals surface area contributed by atoms with Crippen LogP contribution < -0.4 is 10.9 Å². The molecule has 2 aromatic heterocycles. The van der Waals surface area contributed by atoms with Crippen molar-refractivity contribution in [1.29, 1.82) is 0 Å². The lowest BCUT2D eigenvalue weighted by atomic mass is 10.2. The second-order valence-corrected chi connectivity index (χ2v) is 6.56. The first-order valence-corrected chi connectivity index (χ1v) is 8.41. The summed E-state index contributed by atoms with van der Waals surface area (Å²) in [6.07, 6.45) is 1.67. The highest BCUT2D eigenvalue weighted by atomic mass is 35.5. The zero-order valence-electron chi connectivity index (χ0n) is 12.3. The maximum Gasteiger partial charge on any atom is 0.345 e. The molecular weight excluding hydrogens is 344 g/mol. The maximum atomic E-state index is 12.3. The first-order valence-electron chi connectivity index (χ1n) is 7.21. The Hall–Kier alpha value is -2.63. The number of nitrogens with zero attached hydrogens (tertiary/aromatic N) is 1. The van der Waals surface area contributed by atoms with Gasteiger partial charge in [-0.1, -0.05) is 53.3 Å². The first-order chi connectivity index (χ1) is 11.7. The molecule has 0 radical (unpaired) electrons. The maximum absolute atomic E-state index is 12.3. The molecule has 118 valence electrons. The minimum absolute atomic E-state index is 0.403. The van der Waals surface area contributed by atoms with E-state index in [2.05, 4.69) is 10.3 Å². The Morgan fingerprint density at radius 3 is 2.75 bits per heavy atom. The van der Waals surface area contributed by atoms with Gasteiger partial charge in [0.2, 0.25) is 0 Å². The zero-order valence-corrected chi connectivity index (χ0v) is 13.9. The number of nitrogens with one attached hydrogen (secondary N) is 1. The van der Waals surface area contributed by atoms with Crippen molar-refractivity contribution in [1.82, 2.24) is 4.98 Å². The van der Waals surface area contributed by atoms with Crippen LogP contribution in [-0.4, -0.2) is 4.98 Å². The number of para-hydroxylation sites is 2. The van der Waals surface area contributed by atoms with E-state index in [4.69, 9.17) is 16.0 Å². The van der Waals surface area contributed by atoms with Crippen molar-refractivity contribution in [2.24, 2.45) is 0 Å². The van der Waals surface area contributed by atoms with Crippen molar-refractivity contribution in [2.45, 2.75) is 0 Å². The fraction of sp³-hybridized carbons (Fsp3) is 0. The fourth-order valence-electron chi connectivity index (χ4n) is 2.38. The molecule has 0 amide bonds. The molecule has 4 nitrogen and oxygen atoms in total. The molecule has 24 heavy (non-hydrogen) atoms. The summed E-state index contributed by atoms with van der Waals surface area (Å²) in [7, 11) is 0. The standard InChI is InChI=1S/C18H11ClN2O2S/c19-14-8-4-5-11-9-13(17(22)23-16(11)14)15-10-20-18(24-15)21-12-6-2-1-3-7-12/h1-10H,(H,20,21). The van der Waals surface area contributed by atoms with Gasteiger partial charge < -0.3 is 9.73 Å². The number of fused-ring (bicyclic) bond motifs is 1. The highest BCUT2D eigenvalue weighted by Gasteiger charge is 2.12.